The minimum atomic E-state index is 0.627. The lowest BCUT2D eigenvalue weighted by molar-refractivity contribution is 0.112. The van der Waals surface area contributed by atoms with E-state index in [-0.39, 0.29) is 0 Å². The molecule has 102 valence electrons. The lowest BCUT2D eigenvalue weighted by Crippen LogP contribution is -2.55. The Kier molecular flexibility index (Phi) is 3.76. The number of carbonyl (C=O) groups excluding carboxylic acids is 1. The number of piperidine rings is 1. The first-order valence-corrected chi connectivity index (χ1v) is 7.39. The van der Waals surface area contributed by atoms with E-state index >= 15 is 0 Å². The third kappa shape index (κ3) is 2.63. The maximum Gasteiger partial charge on any atom is 0.152 e. The second kappa shape index (κ2) is 5.51. The quantitative estimate of drug-likeness (QED) is 0.777. The minimum Gasteiger partial charge on any atom is -0.368 e. The lowest BCUT2D eigenvalue weighted by Gasteiger charge is -2.45. The van der Waals surface area contributed by atoms with Crippen molar-refractivity contribution in [2.24, 2.45) is 0 Å². The van der Waals surface area contributed by atoms with Crippen LogP contribution in [0, 0.1) is 0 Å². The number of anilines is 1. The van der Waals surface area contributed by atoms with Gasteiger partial charge in [-0.15, -0.1) is 0 Å². The van der Waals surface area contributed by atoms with Crippen LogP contribution in [0.4, 0.5) is 5.69 Å². The lowest BCUT2D eigenvalue weighted by atomic mass is 9.99. The number of rotatable bonds is 2. The van der Waals surface area contributed by atoms with E-state index < -0.39 is 0 Å². The van der Waals surface area contributed by atoms with Crippen molar-refractivity contribution < 1.29 is 4.79 Å². The maximum atomic E-state index is 11.2. The largest absolute Gasteiger partial charge is 0.368 e. The highest BCUT2D eigenvalue weighted by Crippen LogP contribution is 2.28. The number of fused-ring (bicyclic) bond motifs is 1. The Hall–Kier alpha value is -1.06. The Morgan fingerprint density at radius 2 is 2.11 bits per heavy atom. The molecular weight excluding hydrogens is 260 g/mol. The standard InChI is InChI=1S/C15H19ClN2O/c16-13-4-5-15(12(9-13)11-19)18-8-7-17-6-2-1-3-14(17)10-18/h4-5,9,11,14H,1-3,6-8,10H2. The Labute approximate surface area is 119 Å². The predicted molar refractivity (Wildman–Crippen MR) is 78.3 cm³/mol. The van der Waals surface area contributed by atoms with Gasteiger partial charge in [0.15, 0.2) is 6.29 Å². The molecule has 0 radical (unpaired) electrons. The summed E-state index contributed by atoms with van der Waals surface area (Å²) in [6, 6.07) is 6.26. The van der Waals surface area contributed by atoms with Crippen LogP contribution in [-0.4, -0.2) is 43.4 Å². The average molecular weight is 279 g/mol. The first kappa shape index (κ1) is 12.9. The fraction of sp³-hybridized carbons (Fsp3) is 0.533. The first-order valence-electron chi connectivity index (χ1n) is 7.01. The van der Waals surface area contributed by atoms with Gasteiger partial charge in [-0.05, 0) is 37.6 Å². The summed E-state index contributed by atoms with van der Waals surface area (Å²) in [4.78, 5) is 16.1. The Morgan fingerprint density at radius 3 is 2.95 bits per heavy atom. The van der Waals surface area contributed by atoms with Crippen LogP contribution in [0.2, 0.25) is 5.02 Å². The molecule has 2 aliphatic heterocycles. The molecule has 1 aromatic carbocycles. The number of halogens is 1. The Balaban J connectivity index is 1.81. The highest BCUT2D eigenvalue weighted by molar-refractivity contribution is 6.31. The molecule has 0 bridgehead atoms. The number of aldehydes is 1. The van der Waals surface area contributed by atoms with Gasteiger partial charge in [-0.25, -0.2) is 0 Å². The zero-order valence-corrected chi connectivity index (χ0v) is 11.8. The zero-order chi connectivity index (χ0) is 13.2. The summed E-state index contributed by atoms with van der Waals surface area (Å²) in [5.41, 5.74) is 1.74. The van der Waals surface area contributed by atoms with E-state index in [1.54, 1.807) is 6.07 Å². The van der Waals surface area contributed by atoms with E-state index in [4.69, 9.17) is 11.6 Å². The van der Waals surface area contributed by atoms with Crippen LogP contribution in [0.3, 0.4) is 0 Å². The van der Waals surface area contributed by atoms with Gasteiger partial charge in [0.2, 0.25) is 0 Å². The van der Waals surface area contributed by atoms with Gasteiger partial charge in [-0.2, -0.15) is 0 Å². The minimum absolute atomic E-state index is 0.627. The molecule has 3 nitrogen and oxygen atoms in total. The molecule has 1 aromatic rings. The van der Waals surface area contributed by atoms with E-state index in [1.807, 2.05) is 12.1 Å². The fourth-order valence-electron chi connectivity index (χ4n) is 3.28. The fourth-order valence-corrected chi connectivity index (χ4v) is 3.46. The Morgan fingerprint density at radius 1 is 1.21 bits per heavy atom. The number of nitrogens with zero attached hydrogens (tertiary/aromatic N) is 2. The SMILES string of the molecule is O=Cc1cc(Cl)ccc1N1CCN2CCCCC2C1. The molecule has 0 aliphatic carbocycles. The smallest absolute Gasteiger partial charge is 0.152 e. The summed E-state index contributed by atoms with van der Waals surface area (Å²) in [5.74, 6) is 0. The molecule has 4 heteroatoms. The molecule has 1 atom stereocenters. The Bertz CT molecular complexity index is 477. The summed E-state index contributed by atoms with van der Waals surface area (Å²) in [6.07, 6.45) is 4.85. The number of piperazine rings is 1. The summed E-state index contributed by atoms with van der Waals surface area (Å²) < 4.78 is 0. The highest BCUT2D eigenvalue weighted by atomic mass is 35.5. The van der Waals surface area contributed by atoms with Crippen molar-refractivity contribution in [1.29, 1.82) is 0 Å². The second-order valence-corrected chi connectivity index (χ2v) is 5.89. The van der Waals surface area contributed by atoms with Crippen molar-refractivity contribution in [3.8, 4) is 0 Å². The number of hydrogen-bond donors (Lipinski definition) is 0. The predicted octanol–water partition coefficient (Wildman–Crippen LogP) is 2.83. The van der Waals surface area contributed by atoms with E-state index in [2.05, 4.69) is 9.80 Å². The van der Waals surface area contributed by atoms with Crippen molar-refractivity contribution in [1.82, 2.24) is 4.90 Å². The molecule has 0 saturated carbocycles. The third-order valence-electron chi connectivity index (χ3n) is 4.29. The molecular formula is C15H19ClN2O. The first-order chi connectivity index (χ1) is 9.28. The number of carbonyl (C=O) groups is 1. The van der Waals surface area contributed by atoms with Crippen LogP contribution < -0.4 is 4.90 Å². The number of benzene rings is 1. The van der Waals surface area contributed by atoms with Gasteiger partial charge in [0.1, 0.15) is 0 Å². The van der Waals surface area contributed by atoms with Crippen molar-refractivity contribution >= 4 is 23.6 Å². The summed E-state index contributed by atoms with van der Waals surface area (Å²) in [5, 5.41) is 0.627. The van der Waals surface area contributed by atoms with Gasteiger partial charge >= 0.3 is 0 Å². The molecule has 19 heavy (non-hydrogen) atoms. The van der Waals surface area contributed by atoms with Crippen molar-refractivity contribution in [2.75, 3.05) is 31.1 Å². The number of hydrogen-bond acceptors (Lipinski definition) is 3. The van der Waals surface area contributed by atoms with Crippen LogP contribution in [0.25, 0.3) is 0 Å². The van der Waals surface area contributed by atoms with Gasteiger partial charge < -0.3 is 4.90 Å². The van der Waals surface area contributed by atoms with Gasteiger partial charge in [0, 0.05) is 41.9 Å². The third-order valence-corrected chi connectivity index (χ3v) is 4.53. The van der Waals surface area contributed by atoms with E-state index in [1.165, 1.54) is 25.8 Å². The van der Waals surface area contributed by atoms with Gasteiger partial charge in [-0.1, -0.05) is 18.0 Å². The molecule has 0 amide bonds. The second-order valence-electron chi connectivity index (χ2n) is 5.45. The van der Waals surface area contributed by atoms with Crippen molar-refractivity contribution in [2.45, 2.75) is 25.3 Å². The van der Waals surface area contributed by atoms with Crippen LogP contribution in [0.1, 0.15) is 29.6 Å². The maximum absolute atomic E-state index is 11.2. The van der Waals surface area contributed by atoms with Crippen molar-refractivity contribution in [3.63, 3.8) is 0 Å². The van der Waals surface area contributed by atoms with Crippen LogP contribution >= 0.6 is 11.6 Å². The summed E-state index contributed by atoms with van der Waals surface area (Å²) >= 11 is 5.96. The molecule has 1 unspecified atom stereocenters. The zero-order valence-electron chi connectivity index (χ0n) is 11.0. The molecule has 2 saturated heterocycles. The van der Waals surface area contributed by atoms with E-state index in [0.717, 1.165) is 31.6 Å². The average Bonchev–Trinajstić information content (AvgIpc) is 2.46. The van der Waals surface area contributed by atoms with Gasteiger partial charge in [0.25, 0.3) is 0 Å². The topological polar surface area (TPSA) is 23.6 Å². The van der Waals surface area contributed by atoms with Crippen LogP contribution in [0.5, 0.6) is 0 Å². The normalized spacial score (nSPS) is 24.1. The monoisotopic (exact) mass is 278 g/mol. The van der Waals surface area contributed by atoms with Crippen molar-refractivity contribution in [3.05, 3.63) is 28.8 Å². The highest BCUT2D eigenvalue weighted by Gasteiger charge is 2.29. The summed E-state index contributed by atoms with van der Waals surface area (Å²) in [7, 11) is 0. The van der Waals surface area contributed by atoms with E-state index in [0.29, 0.717) is 16.6 Å². The van der Waals surface area contributed by atoms with Gasteiger partial charge in [-0.3, -0.25) is 9.69 Å². The van der Waals surface area contributed by atoms with Gasteiger partial charge in [0.05, 0.1) is 0 Å². The molecule has 2 aliphatic rings. The summed E-state index contributed by atoms with van der Waals surface area (Å²) in [6.45, 7) is 4.37. The molecule has 0 aromatic heterocycles. The van der Waals surface area contributed by atoms with E-state index in [9.17, 15) is 4.79 Å². The van der Waals surface area contributed by atoms with Crippen LogP contribution in [0.15, 0.2) is 18.2 Å². The molecule has 0 N–H and O–H groups in total. The van der Waals surface area contributed by atoms with Crippen LogP contribution in [-0.2, 0) is 0 Å². The molecule has 0 spiro atoms. The molecule has 2 heterocycles. The molecule has 2 fully saturated rings. The molecule has 3 rings (SSSR count).